The van der Waals surface area contributed by atoms with Gasteiger partial charge >= 0.3 is 5.97 Å². The fraction of sp³-hybridized carbons (Fsp3) is 0.250. The molecule has 2 rings (SSSR count). The highest BCUT2D eigenvalue weighted by molar-refractivity contribution is 5.86. The van der Waals surface area contributed by atoms with Crippen molar-refractivity contribution in [3.63, 3.8) is 0 Å². The molecule has 130 valence electrons. The molecule has 0 aromatic heterocycles. The van der Waals surface area contributed by atoms with Crippen LogP contribution in [0.25, 0.3) is 0 Å². The van der Waals surface area contributed by atoms with Crippen LogP contribution in [0, 0.1) is 0 Å². The Bertz CT molecular complexity index is 752. The molecule has 0 amide bonds. The largest absolute Gasteiger partial charge is 0.462 e. The number of rotatable bonds is 8. The van der Waals surface area contributed by atoms with Gasteiger partial charge in [0.25, 0.3) is 0 Å². The van der Waals surface area contributed by atoms with Crippen molar-refractivity contribution < 1.29 is 14.6 Å². The number of esters is 1. The van der Waals surface area contributed by atoms with Crippen molar-refractivity contribution in [3.8, 4) is 0 Å². The Kier molecular flexibility index (Phi) is 7.04. The summed E-state index contributed by atoms with van der Waals surface area (Å²) >= 11 is 0. The second-order valence-electron chi connectivity index (χ2n) is 5.68. The fourth-order valence-corrected chi connectivity index (χ4v) is 2.13. The number of aliphatic hydroxyl groups excluding tert-OH is 1. The van der Waals surface area contributed by atoms with Crippen LogP contribution in [-0.4, -0.2) is 24.3 Å². The van der Waals surface area contributed by atoms with Gasteiger partial charge in [0.05, 0.1) is 18.0 Å². The van der Waals surface area contributed by atoms with Gasteiger partial charge in [-0.25, -0.2) is 4.79 Å². The van der Waals surface area contributed by atoms with E-state index in [1.807, 2.05) is 48.5 Å². The van der Waals surface area contributed by atoms with Gasteiger partial charge in [0, 0.05) is 18.6 Å². The van der Waals surface area contributed by atoms with E-state index in [0.29, 0.717) is 25.0 Å². The van der Waals surface area contributed by atoms with E-state index in [4.69, 9.17) is 9.84 Å². The Balaban J connectivity index is 1.90. The molecule has 0 heterocycles. The van der Waals surface area contributed by atoms with Gasteiger partial charge in [-0.05, 0) is 48.7 Å². The molecule has 2 aromatic carbocycles. The van der Waals surface area contributed by atoms with Crippen molar-refractivity contribution in [2.24, 2.45) is 10.2 Å². The molecular weight excluding hydrogens is 316 g/mol. The van der Waals surface area contributed by atoms with Crippen molar-refractivity contribution in [1.82, 2.24) is 0 Å². The van der Waals surface area contributed by atoms with Crippen molar-refractivity contribution >= 4 is 17.3 Å². The molecule has 2 aromatic rings. The molecule has 0 unspecified atom stereocenters. The number of hydrogen-bond acceptors (Lipinski definition) is 5. The van der Waals surface area contributed by atoms with Gasteiger partial charge in [0.2, 0.25) is 0 Å². The zero-order valence-corrected chi connectivity index (χ0v) is 14.3. The first-order valence-electron chi connectivity index (χ1n) is 8.11. The highest BCUT2D eigenvalue weighted by Crippen LogP contribution is 2.20. The Morgan fingerprint density at radius 2 is 1.76 bits per heavy atom. The van der Waals surface area contributed by atoms with Crippen LogP contribution in [0.2, 0.25) is 0 Å². The van der Waals surface area contributed by atoms with E-state index in [2.05, 4.69) is 16.8 Å². The van der Waals surface area contributed by atoms with E-state index in [0.717, 1.165) is 22.5 Å². The fourth-order valence-electron chi connectivity index (χ4n) is 2.13. The Morgan fingerprint density at radius 1 is 1.04 bits per heavy atom. The lowest BCUT2D eigenvalue weighted by molar-refractivity contribution is -0.138. The maximum absolute atomic E-state index is 11.3. The summed E-state index contributed by atoms with van der Waals surface area (Å²) in [4.78, 5) is 11.3. The predicted octanol–water partition coefficient (Wildman–Crippen LogP) is 4.30. The normalized spacial score (nSPS) is 10.8. The molecule has 0 saturated heterocycles. The standard InChI is InChI=1S/C20H22N2O3/c1-15(2)20(24)25-13-11-16-6-8-18(9-7-16)21-22-19-5-3-4-17(14-19)10-12-23/h3-9,14,23H,1,10-13H2,2H3. The highest BCUT2D eigenvalue weighted by Gasteiger charge is 2.03. The predicted molar refractivity (Wildman–Crippen MR) is 97.3 cm³/mol. The van der Waals surface area contributed by atoms with Gasteiger partial charge in [0.1, 0.15) is 0 Å². The van der Waals surface area contributed by atoms with Crippen molar-refractivity contribution in [2.75, 3.05) is 13.2 Å². The first kappa shape index (κ1) is 18.5. The summed E-state index contributed by atoms with van der Waals surface area (Å²) in [5, 5.41) is 17.4. The third-order valence-electron chi connectivity index (χ3n) is 3.50. The summed E-state index contributed by atoms with van der Waals surface area (Å²) in [5.74, 6) is -0.367. The van der Waals surface area contributed by atoms with Crippen LogP contribution in [0.4, 0.5) is 11.4 Å². The molecule has 0 atom stereocenters. The van der Waals surface area contributed by atoms with Gasteiger partial charge in [0.15, 0.2) is 0 Å². The lowest BCUT2D eigenvalue weighted by Crippen LogP contribution is -2.07. The Labute approximate surface area is 147 Å². The third kappa shape index (κ3) is 6.31. The van der Waals surface area contributed by atoms with E-state index in [-0.39, 0.29) is 12.6 Å². The number of carbonyl (C=O) groups excluding carboxylic acids is 1. The molecule has 0 aliphatic rings. The molecule has 0 radical (unpaired) electrons. The summed E-state index contributed by atoms with van der Waals surface area (Å²) in [6.07, 6.45) is 1.24. The number of ether oxygens (including phenoxy) is 1. The molecular formula is C20H22N2O3. The highest BCUT2D eigenvalue weighted by atomic mass is 16.5. The van der Waals surface area contributed by atoms with Crippen molar-refractivity contribution in [1.29, 1.82) is 0 Å². The summed E-state index contributed by atoms with van der Waals surface area (Å²) in [7, 11) is 0. The lowest BCUT2D eigenvalue weighted by Gasteiger charge is -2.04. The molecule has 25 heavy (non-hydrogen) atoms. The number of azo groups is 1. The summed E-state index contributed by atoms with van der Waals surface area (Å²) in [6, 6.07) is 15.2. The summed E-state index contributed by atoms with van der Waals surface area (Å²) in [6.45, 7) is 5.61. The third-order valence-corrected chi connectivity index (χ3v) is 3.50. The minimum Gasteiger partial charge on any atom is -0.462 e. The smallest absolute Gasteiger partial charge is 0.333 e. The monoisotopic (exact) mass is 338 g/mol. The zero-order valence-electron chi connectivity index (χ0n) is 14.3. The van der Waals surface area contributed by atoms with E-state index in [1.165, 1.54) is 0 Å². The van der Waals surface area contributed by atoms with Crippen LogP contribution in [0.1, 0.15) is 18.1 Å². The van der Waals surface area contributed by atoms with Crippen LogP contribution in [0.3, 0.4) is 0 Å². The molecule has 1 N–H and O–H groups in total. The number of nitrogens with zero attached hydrogens (tertiary/aromatic N) is 2. The van der Waals surface area contributed by atoms with E-state index >= 15 is 0 Å². The van der Waals surface area contributed by atoms with Gasteiger partial charge in [-0.15, -0.1) is 0 Å². The minimum atomic E-state index is -0.367. The molecule has 5 nitrogen and oxygen atoms in total. The maximum Gasteiger partial charge on any atom is 0.333 e. The maximum atomic E-state index is 11.3. The average Bonchev–Trinajstić information content (AvgIpc) is 2.61. The molecule has 0 saturated carbocycles. The molecule has 0 spiro atoms. The number of aliphatic hydroxyl groups is 1. The van der Waals surface area contributed by atoms with Crippen LogP contribution >= 0.6 is 0 Å². The first-order valence-corrected chi connectivity index (χ1v) is 8.11. The summed E-state index contributed by atoms with van der Waals surface area (Å²) in [5.41, 5.74) is 3.98. The lowest BCUT2D eigenvalue weighted by atomic mass is 10.1. The average molecular weight is 338 g/mol. The second-order valence-corrected chi connectivity index (χ2v) is 5.68. The number of benzene rings is 2. The van der Waals surface area contributed by atoms with E-state index in [1.54, 1.807) is 6.92 Å². The topological polar surface area (TPSA) is 71.2 Å². The van der Waals surface area contributed by atoms with Crippen molar-refractivity contribution in [2.45, 2.75) is 19.8 Å². The van der Waals surface area contributed by atoms with Gasteiger partial charge in [-0.3, -0.25) is 0 Å². The van der Waals surface area contributed by atoms with Crippen LogP contribution in [-0.2, 0) is 22.4 Å². The molecule has 0 fully saturated rings. The van der Waals surface area contributed by atoms with Gasteiger partial charge in [-0.1, -0.05) is 30.8 Å². The first-order chi connectivity index (χ1) is 12.1. The van der Waals surface area contributed by atoms with Crippen LogP contribution < -0.4 is 0 Å². The molecule has 0 bridgehead atoms. The second kappa shape index (κ2) is 9.49. The molecule has 0 aliphatic heterocycles. The quantitative estimate of drug-likeness (QED) is 0.443. The Hall–Kier alpha value is -2.79. The van der Waals surface area contributed by atoms with Gasteiger partial charge in [-0.2, -0.15) is 10.2 Å². The molecule has 0 aliphatic carbocycles. The van der Waals surface area contributed by atoms with E-state index in [9.17, 15) is 4.79 Å². The zero-order chi connectivity index (χ0) is 18.1. The number of carbonyl (C=O) groups is 1. The van der Waals surface area contributed by atoms with Crippen LogP contribution in [0.5, 0.6) is 0 Å². The van der Waals surface area contributed by atoms with Gasteiger partial charge < -0.3 is 9.84 Å². The summed E-state index contributed by atoms with van der Waals surface area (Å²) < 4.78 is 5.08. The van der Waals surface area contributed by atoms with Crippen LogP contribution in [0.15, 0.2) is 70.9 Å². The van der Waals surface area contributed by atoms with Crippen molar-refractivity contribution in [3.05, 3.63) is 71.8 Å². The number of hydrogen-bond donors (Lipinski definition) is 1. The Morgan fingerprint density at radius 3 is 2.44 bits per heavy atom. The molecule has 5 heteroatoms. The van der Waals surface area contributed by atoms with E-state index < -0.39 is 0 Å². The minimum absolute atomic E-state index is 0.115. The SMILES string of the molecule is C=C(C)C(=O)OCCc1ccc(N=Nc2cccc(CCO)c2)cc1.